The minimum absolute atomic E-state index is 0.204. The predicted molar refractivity (Wildman–Crippen MR) is 61.5 cm³/mol. The van der Waals surface area contributed by atoms with Crippen molar-refractivity contribution in [3.63, 3.8) is 0 Å². The van der Waals surface area contributed by atoms with E-state index in [2.05, 4.69) is 0 Å². The number of carbonyl (C=O) groups is 1. The summed E-state index contributed by atoms with van der Waals surface area (Å²) >= 11 is 0. The highest BCUT2D eigenvalue weighted by molar-refractivity contribution is 5.94. The monoisotopic (exact) mass is 296 g/mol. The summed E-state index contributed by atoms with van der Waals surface area (Å²) in [5, 5.41) is 0. The summed E-state index contributed by atoms with van der Waals surface area (Å²) in [6.45, 7) is 1.74. The first-order valence-corrected chi connectivity index (χ1v) is 5.72. The van der Waals surface area contributed by atoms with Crippen LogP contribution in [-0.4, -0.2) is 30.4 Å². The van der Waals surface area contributed by atoms with Crippen molar-refractivity contribution >= 4 is 5.91 Å². The van der Waals surface area contributed by atoms with E-state index in [4.69, 9.17) is 5.73 Å². The summed E-state index contributed by atoms with van der Waals surface area (Å²) in [4.78, 5) is 12.7. The third-order valence-corrected chi connectivity index (χ3v) is 2.99. The lowest BCUT2D eigenvalue weighted by atomic mass is 10.1. The standard InChI is InChI=1S/C12H13F5N2O/c1-5(3-4-18)19(2)12(20)6-7(13)9(15)11(17)10(16)8(6)14/h5H,3-4,18H2,1-2H3. The smallest absolute Gasteiger partial charge is 0.260 e. The maximum Gasteiger partial charge on any atom is 0.260 e. The number of benzene rings is 1. The van der Waals surface area contributed by atoms with Gasteiger partial charge in [-0.15, -0.1) is 0 Å². The Morgan fingerprint density at radius 3 is 1.85 bits per heavy atom. The van der Waals surface area contributed by atoms with Crippen molar-refractivity contribution in [1.29, 1.82) is 0 Å². The van der Waals surface area contributed by atoms with Gasteiger partial charge in [-0.05, 0) is 19.9 Å². The predicted octanol–water partition coefficient (Wildman–Crippen LogP) is 2.19. The fraction of sp³-hybridized carbons (Fsp3) is 0.417. The molecule has 0 bridgehead atoms. The molecule has 0 heterocycles. The average Bonchev–Trinajstić information content (AvgIpc) is 2.42. The Kier molecular flexibility index (Phi) is 5.04. The molecule has 0 fully saturated rings. The fourth-order valence-electron chi connectivity index (χ4n) is 1.60. The highest BCUT2D eigenvalue weighted by Crippen LogP contribution is 2.24. The van der Waals surface area contributed by atoms with Crippen LogP contribution in [0, 0.1) is 29.1 Å². The van der Waals surface area contributed by atoms with Crippen molar-refractivity contribution in [3.05, 3.63) is 34.6 Å². The Morgan fingerprint density at radius 1 is 1.05 bits per heavy atom. The number of carbonyl (C=O) groups excluding carboxylic acids is 1. The molecule has 0 saturated carbocycles. The lowest BCUT2D eigenvalue weighted by Gasteiger charge is -2.25. The van der Waals surface area contributed by atoms with Gasteiger partial charge in [-0.2, -0.15) is 0 Å². The molecule has 112 valence electrons. The van der Waals surface area contributed by atoms with E-state index in [0.29, 0.717) is 6.42 Å². The molecule has 1 rings (SSSR count). The summed E-state index contributed by atoms with van der Waals surface area (Å²) in [6.07, 6.45) is 0.317. The summed E-state index contributed by atoms with van der Waals surface area (Å²) in [6, 6.07) is -0.512. The maximum atomic E-state index is 13.5. The van der Waals surface area contributed by atoms with Crippen LogP contribution in [0.25, 0.3) is 0 Å². The number of amides is 1. The molecule has 0 aliphatic rings. The van der Waals surface area contributed by atoms with Gasteiger partial charge in [-0.25, -0.2) is 22.0 Å². The number of rotatable bonds is 4. The van der Waals surface area contributed by atoms with Crippen LogP contribution in [0.1, 0.15) is 23.7 Å². The van der Waals surface area contributed by atoms with Gasteiger partial charge in [0.2, 0.25) is 5.82 Å². The zero-order valence-corrected chi connectivity index (χ0v) is 10.8. The lowest BCUT2D eigenvalue weighted by molar-refractivity contribution is 0.0725. The first-order chi connectivity index (χ1) is 9.23. The van der Waals surface area contributed by atoms with E-state index in [0.717, 1.165) is 4.90 Å². The Hall–Kier alpha value is -1.70. The third kappa shape index (κ3) is 2.74. The van der Waals surface area contributed by atoms with Crippen LogP contribution >= 0.6 is 0 Å². The largest absolute Gasteiger partial charge is 0.339 e. The normalized spacial score (nSPS) is 12.4. The van der Waals surface area contributed by atoms with Crippen molar-refractivity contribution in [3.8, 4) is 0 Å². The Morgan fingerprint density at radius 2 is 1.45 bits per heavy atom. The SMILES string of the molecule is CC(CCN)N(C)C(=O)c1c(F)c(F)c(F)c(F)c1F. The summed E-state index contributed by atoms with van der Waals surface area (Å²) in [7, 11) is 1.20. The molecule has 0 aliphatic heterocycles. The van der Waals surface area contributed by atoms with Gasteiger partial charge in [0.1, 0.15) is 5.56 Å². The quantitative estimate of drug-likeness (QED) is 0.526. The third-order valence-electron chi connectivity index (χ3n) is 2.99. The molecule has 2 N–H and O–H groups in total. The molecule has 1 aromatic rings. The minimum atomic E-state index is -2.30. The van der Waals surface area contributed by atoms with Gasteiger partial charge in [-0.3, -0.25) is 4.79 Å². The number of hydrogen-bond donors (Lipinski definition) is 1. The van der Waals surface area contributed by atoms with Crippen LogP contribution in [0.5, 0.6) is 0 Å². The highest BCUT2D eigenvalue weighted by Gasteiger charge is 2.32. The van der Waals surface area contributed by atoms with E-state index in [1.54, 1.807) is 0 Å². The van der Waals surface area contributed by atoms with Crippen molar-refractivity contribution in [2.24, 2.45) is 5.73 Å². The molecule has 0 aliphatic carbocycles. The molecular weight excluding hydrogens is 283 g/mol. The van der Waals surface area contributed by atoms with Gasteiger partial charge in [-0.1, -0.05) is 0 Å². The zero-order chi connectivity index (χ0) is 15.6. The molecule has 0 radical (unpaired) electrons. The van der Waals surface area contributed by atoms with E-state index >= 15 is 0 Å². The van der Waals surface area contributed by atoms with Gasteiger partial charge in [0.15, 0.2) is 23.3 Å². The molecule has 1 atom stereocenters. The van der Waals surface area contributed by atoms with Gasteiger partial charge >= 0.3 is 0 Å². The number of hydrogen-bond acceptors (Lipinski definition) is 2. The van der Waals surface area contributed by atoms with Crippen LogP contribution < -0.4 is 5.73 Å². The van der Waals surface area contributed by atoms with Crippen LogP contribution in [-0.2, 0) is 0 Å². The van der Waals surface area contributed by atoms with Gasteiger partial charge in [0.05, 0.1) is 0 Å². The van der Waals surface area contributed by atoms with E-state index in [-0.39, 0.29) is 6.54 Å². The molecular formula is C12H13F5N2O. The van der Waals surface area contributed by atoms with Crippen molar-refractivity contribution in [2.75, 3.05) is 13.6 Å². The zero-order valence-electron chi connectivity index (χ0n) is 10.8. The molecule has 1 aromatic carbocycles. The second kappa shape index (κ2) is 6.17. The summed E-state index contributed by atoms with van der Waals surface area (Å²) < 4.78 is 65.9. The van der Waals surface area contributed by atoms with Crippen LogP contribution in [0.4, 0.5) is 22.0 Å². The van der Waals surface area contributed by atoms with E-state index < -0.39 is 46.6 Å². The number of halogens is 5. The molecule has 0 saturated heterocycles. The van der Waals surface area contributed by atoms with Crippen molar-refractivity contribution < 1.29 is 26.7 Å². The molecule has 0 aromatic heterocycles. The Bertz CT molecular complexity index is 506. The maximum absolute atomic E-state index is 13.5. The number of nitrogens with two attached hydrogens (primary N) is 1. The van der Waals surface area contributed by atoms with Crippen molar-refractivity contribution in [2.45, 2.75) is 19.4 Å². The van der Waals surface area contributed by atoms with E-state index in [9.17, 15) is 26.7 Å². The Labute approximate surface area is 112 Å². The molecule has 20 heavy (non-hydrogen) atoms. The number of nitrogens with zero attached hydrogens (tertiary/aromatic N) is 1. The average molecular weight is 296 g/mol. The summed E-state index contributed by atoms with van der Waals surface area (Å²) in [5.74, 6) is -12.2. The summed E-state index contributed by atoms with van der Waals surface area (Å²) in [5.41, 5.74) is 3.81. The molecule has 8 heteroatoms. The van der Waals surface area contributed by atoms with Crippen molar-refractivity contribution in [1.82, 2.24) is 4.90 Å². The molecule has 0 spiro atoms. The van der Waals surface area contributed by atoms with Crippen LogP contribution in [0.2, 0.25) is 0 Å². The van der Waals surface area contributed by atoms with Crippen LogP contribution in [0.3, 0.4) is 0 Å². The van der Waals surface area contributed by atoms with Crippen LogP contribution in [0.15, 0.2) is 0 Å². The van der Waals surface area contributed by atoms with Gasteiger partial charge in [0.25, 0.3) is 5.91 Å². The van der Waals surface area contributed by atoms with Gasteiger partial charge in [0, 0.05) is 13.1 Å². The fourth-order valence-corrected chi connectivity index (χ4v) is 1.60. The molecule has 3 nitrogen and oxygen atoms in total. The van der Waals surface area contributed by atoms with E-state index in [1.807, 2.05) is 0 Å². The second-order valence-electron chi connectivity index (χ2n) is 4.29. The first kappa shape index (κ1) is 16.4. The topological polar surface area (TPSA) is 46.3 Å². The second-order valence-corrected chi connectivity index (χ2v) is 4.29. The minimum Gasteiger partial charge on any atom is -0.339 e. The first-order valence-electron chi connectivity index (χ1n) is 5.72. The molecule has 1 unspecified atom stereocenters. The Balaban J connectivity index is 3.30. The lowest BCUT2D eigenvalue weighted by Crippen LogP contribution is -2.37. The van der Waals surface area contributed by atoms with Gasteiger partial charge < -0.3 is 10.6 Å². The van der Waals surface area contributed by atoms with E-state index in [1.165, 1.54) is 14.0 Å². The highest BCUT2D eigenvalue weighted by atomic mass is 19.2. The molecule has 1 amide bonds.